The summed E-state index contributed by atoms with van der Waals surface area (Å²) >= 11 is 3.50. The second-order valence-electron chi connectivity index (χ2n) is 3.80. The van der Waals surface area contributed by atoms with Crippen LogP contribution in [0.2, 0.25) is 0 Å². The lowest BCUT2D eigenvalue weighted by atomic mass is 10.2. The molecule has 0 saturated carbocycles. The van der Waals surface area contributed by atoms with Crippen LogP contribution in [0.3, 0.4) is 0 Å². The Morgan fingerprint density at radius 3 is 2.69 bits per heavy atom. The first kappa shape index (κ1) is 11.4. The van der Waals surface area contributed by atoms with Crippen molar-refractivity contribution >= 4 is 15.9 Å². The van der Waals surface area contributed by atoms with Crippen LogP contribution in [-0.2, 0) is 11.8 Å². The highest BCUT2D eigenvalue weighted by Gasteiger charge is 2.10. The van der Waals surface area contributed by atoms with E-state index >= 15 is 0 Å². The van der Waals surface area contributed by atoms with Gasteiger partial charge in [0, 0.05) is 16.6 Å². The Kier molecular flexibility index (Phi) is 3.44. The zero-order valence-corrected chi connectivity index (χ0v) is 11.2. The van der Waals surface area contributed by atoms with Crippen LogP contribution in [0.5, 0.6) is 0 Å². The largest absolute Gasteiger partial charge is 0.237 e. The molecule has 0 unspecified atom stereocenters. The highest BCUT2D eigenvalue weighted by molar-refractivity contribution is 9.08. The number of hydrogen-bond acceptors (Lipinski definition) is 1. The number of para-hydroxylation sites is 1. The van der Waals surface area contributed by atoms with Crippen molar-refractivity contribution in [2.75, 3.05) is 0 Å². The quantitative estimate of drug-likeness (QED) is 0.784. The van der Waals surface area contributed by atoms with Crippen LogP contribution in [0.1, 0.15) is 23.7 Å². The van der Waals surface area contributed by atoms with Gasteiger partial charge in [-0.2, -0.15) is 5.10 Å². The molecule has 1 aromatic heterocycles. The summed E-state index contributed by atoms with van der Waals surface area (Å²) in [5, 5.41) is 5.34. The summed E-state index contributed by atoms with van der Waals surface area (Å²) in [6, 6.07) is 8.33. The van der Waals surface area contributed by atoms with E-state index in [4.69, 9.17) is 0 Å². The van der Waals surface area contributed by atoms with Gasteiger partial charge >= 0.3 is 0 Å². The van der Waals surface area contributed by atoms with Crippen molar-refractivity contribution in [1.82, 2.24) is 9.78 Å². The maximum Gasteiger partial charge on any atom is 0.0678 e. The van der Waals surface area contributed by atoms with Crippen molar-refractivity contribution in [2.24, 2.45) is 0 Å². The molecule has 1 aromatic carbocycles. The lowest BCUT2D eigenvalue weighted by Gasteiger charge is -2.09. The summed E-state index contributed by atoms with van der Waals surface area (Å²) in [7, 11) is 0. The minimum atomic E-state index is 0.863. The van der Waals surface area contributed by atoms with Crippen molar-refractivity contribution < 1.29 is 0 Å². The summed E-state index contributed by atoms with van der Waals surface area (Å²) in [6.07, 6.45) is 2.94. The van der Waals surface area contributed by atoms with E-state index in [1.54, 1.807) is 0 Å². The van der Waals surface area contributed by atoms with E-state index < -0.39 is 0 Å². The topological polar surface area (TPSA) is 17.8 Å². The molecule has 1 heterocycles. The van der Waals surface area contributed by atoms with Crippen molar-refractivity contribution in [3.05, 3.63) is 47.3 Å². The predicted molar refractivity (Wildman–Crippen MR) is 70.3 cm³/mol. The highest BCUT2D eigenvalue weighted by Crippen LogP contribution is 2.20. The third-order valence-electron chi connectivity index (χ3n) is 2.78. The molecular formula is C13H15BrN2. The maximum absolute atomic E-state index is 4.48. The molecule has 2 aromatic rings. The Hall–Kier alpha value is -1.09. The van der Waals surface area contributed by atoms with Gasteiger partial charge in [0.15, 0.2) is 0 Å². The predicted octanol–water partition coefficient (Wildman–Crippen LogP) is 3.64. The van der Waals surface area contributed by atoms with E-state index in [2.05, 4.69) is 59.1 Å². The average Bonchev–Trinajstić information content (AvgIpc) is 2.72. The Bertz CT molecular complexity index is 488. The second kappa shape index (κ2) is 4.83. The Morgan fingerprint density at radius 1 is 1.31 bits per heavy atom. The molecule has 0 amide bonds. The molecule has 0 N–H and O–H groups in total. The zero-order valence-electron chi connectivity index (χ0n) is 9.57. The molecule has 2 rings (SSSR count). The van der Waals surface area contributed by atoms with Crippen LogP contribution in [0.25, 0.3) is 5.69 Å². The average molecular weight is 279 g/mol. The minimum absolute atomic E-state index is 0.863. The zero-order chi connectivity index (χ0) is 11.5. The summed E-state index contributed by atoms with van der Waals surface area (Å²) in [5.74, 6) is 0. The summed E-state index contributed by atoms with van der Waals surface area (Å²) in [4.78, 5) is 0. The van der Waals surface area contributed by atoms with Crippen LogP contribution < -0.4 is 0 Å². The third kappa shape index (κ3) is 1.92. The normalized spacial score (nSPS) is 10.7. The van der Waals surface area contributed by atoms with Crippen molar-refractivity contribution in [2.45, 2.75) is 25.6 Å². The standard InChI is InChI=1S/C13H15BrN2/c1-3-12-11(8-14)9-15-16(12)13-7-5-4-6-10(13)2/h4-7,9H,3,8H2,1-2H3. The molecule has 0 aliphatic heterocycles. The van der Waals surface area contributed by atoms with Crippen molar-refractivity contribution in [3.63, 3.8) is 0 Å². The van der Waals surface area contributed by atoms with Gasteiger partial charge in [0.2, 0.25) is 0 Å². The number of alkyl halides is 1. The monoisotopic (exact) mass is 278 g/mol. The molecular weight excluding hydrogens is 264 g/mol. The van der Waals surface area contributed by atoms with E-state index in [9.17, 15) is 0 Å². The fourth-order valence-electron chi connectivity index (χ4n) is 1.90. The molecule has 84 valence electrons. The first-order valence-corrected chi connectivity index (χ1v) is 6.57. The summed E-state index contributed by atoms with van der Waals surface area (Å²) < 4.78 is 2.05. The van der Waals surface area contributed by atoms with E-state index in [1.165, 1.54) is 22.5 Å². The number of aryl methyl sites for hydroxylation is 1. The lowest BCUT2D eigenvalue weighted by Crippen LogP contribution is -2.04. The Balaban J connectivity index is 2.56. The van der Waals surface area contributed by atoms with E-state index in [1.807, 2.05) is 10.9 Å². The van der Waals surface area contributed by atoms with E-state index in [-0.39, 0.29) is 0 Å². The number of rotatable bonds is 3. The molecule has 0 radical (unpaired) electrons. The summed E-state index contributed by atoms with van der Waals surface area (Å²) in [6.45, 7) is 4.28. The maximum atomic E-state index is 4.48. The second-order valence-corrected chi connectivity index (χ2v) is 4.36. The molecule has 2 nitrogen and oxygen atoms in total. The van der Waals surface area contributed by atoms with Gasteiger partial charge in [-0.05, 0) is 25.0 Å². The van der Waals surface area contributed by atoms with Gasteiger partial charge in [0.25, 0.3) is 0 Å². The molecule has 0 saturated heterocycles. The van der Waals surface area contributed by atoms with Gasteiger partial charge in [-0.15, -0.1) is 0 Å². The van der Waals surface area contributed by atoms with Gasteiger partial charge in [-0.3, -0.25) is 0 Å². The molecule has 0 bridgehead atoms. The molecule has 0 aliphatic rings. The molecule has 0 fully saturated rings. The Morgan fingerprint density at radius 2 is 2.06 bits per heavy atom. The number of halogens is 1. The van der Waals surface area contributed by atoms with Crippen LogP contribution >= 0.6 is 15.9 Å². The van der Waals surface area contributed by atoms with Gasteiger partial charge in [0.05, 0.1) is 11.9 Å². The Labute approximate surface area is 104 Å². The molecule has 3 heteroatoms. The van der Waals surface area contributed by atoms with Crippen LogP contribution in [-0.4, -0.2) is 9.78 Å². The SMILES string of the molecule is CCc1c(CBr)cnn1-c1ccccc1C. The fourth-order valence-corrected chi connectivity index (χ4v) is 2.37. The lowest BCUT2D eigenvalue weighted by molar-refractivity contribution is 0.806. The number of aromatic nitrogens is 2. The molecule has 16 heavy (non-hydrogen) atoms. The molecule has 0 spiro atoms. The minimum Gasteiger partial charge on any atom is -0.237 e. The highest BCUT2D eigenvalue weighted by atomic mass is 79.9. The first-order valence-electron chi connectivity index (χ1n) is 5.45. The van der Waals surface area contributed by atoms with Crippen molar-refractivity contribution in [1.29, 1.82) is 0 Å². The van der Waals surface area contributed by atoms with Gasteiger partial charge in [-0.25, -0.2) is 4.68 Å². The fraction of sp³-hybridized carbons (Fsp3) is 0.308. The summed E-state index contributed by atoms with van der Waals surface area (Å²) in [5.41, 5.74) is 4.98. The van der Waals surface area contributed by atoms with Crippen LogP contribution in [0, 0.1) is 6.92 Å². The van der Waals surface area contributed by atoms with Gasteiger partial charge in [0.1, 0.15) is 0 Å². The third-order valence-corrected chi connectivity index (χ3v) is 3.38. The van der Waals surface area contributed by atoms with Gasteiger partial charge in [-0.1, -0.05) is 41.1 Å². The first-order chi connectivity index (χ1) is 7.77. The van der Waals surface area contributed by atoms with E-state index in [0.29, 0.717) is 0 Å². The van der Waals surface area contributed by atoms with Crippen molar-refractivity contribution in [3.8, 4) is 5.69 Å². The molecule has 0 atom stereocenters. The van der Waals surface area contributed by atoms with Crippen LogP contribution in [0.15, 0.2) is 30.5 Å². The number of nitrogens with zero attached hydrogens (tertiary/aromatic N) is 2. The van der Waals surface area contributed by atoms with Crippen LogP contribution in [0.4, 0.5) is 0 Å². The smallest absolute Gasteiger partial charge is 0.0678 e. The van der Waals surface area contributed by atoms with Gasteiger partial charge < -0.3 is 0 Å². The number of hydrogen-bond donors (Lipinski definition) is 0. The number of benzene rings is 1. The molecule has 0 aliphatic carbocycles. The van der Waals surface area contributed by atoms with E-state index in [0.717, 1.165) is 11.8 Å².